The number of morpholine rings is 1. The minimum Gasteiger partial charge on any atom is -0.459 e. The van der Waals surface area contributed by atoms with E-state index in [-0.39, 0.29) is 44.0 Å². The molecule has 0 radical (unpaired) electrons. The highest BCUT2D eigenvalue weighted by Gasteiger charge is 2.63. The van der Waals surface area contributed by atoms with Gasteiger partial charge in [-0.1, -0.05) is 74.5 Å². The Bertz CT molecular complexity index is 1320. The highest BCUT2D eigenvalue weighted by Crippen LogP contribution is 2.49. The molecule has 2 aromatic rings. The Kier molecular flexibility index (Phi) is 12.0. The summed E-state index contributed by atoms with van der Waals surface area (Å²) < 4.78 is 16.9. The number of nitrogens with zero attached hydrogens (tertiary/aromatic N) is 2. The van der Waals surface area contributed by atoms with Crippen molar-refractivity contribution in [1.29, 1.82) is 0 Å². The minimum absolute atomic E-state index is 0.0461. The van der Waals surface area contributed by atoms with Crippen molar-refractivity contribution >= 4 is 23.8 Å². The van der Waals surface area contributed by atoms with Crippen LogP contribution in [-0.4, -0.2) is 84.7 Å². The molecule has 1 aliphatic carbocycles. The predicted octanol–water partition coefficient (Wildman–Crippen LogP) is 3.97. The third kappa shape index (κ3) is 9.39. The van der Waals surface area contributed by atoms with Gasteiger partial charge in [-0.3, -0.25) is 24.2 Å². The SMILES string of the molecule is CC(C)[C@@H]1C[C@]1(NC(=O)[C@H](CCc1ccccc1)N(COC(=O)C(C)(C)C)C(=O)CN1CCOCC1)C(=O)OCc1ccccc1. The number of benzene rings is 2. The van der Waals surface area contributed by atoms with E-state index in [4.69, 9.17) is 14.2 Å². The van der Waals surface area contributed by atoms with Gasteiger partial charge in [-0.2, -0.15) is 0 Å². The summed E-state index contributed by atoms with van der Waals surface area (Å²) in [6.07, 6.45) is 1.20. The van der Waals surface area contributed by atoms with Gasteiger partial charge < -0.3 is 19.5 Å². The van der Waals surface area contributed by atoms with Gasteiger partial charge in [-0.15, -0.1) is 0 Å². The van der Waals surface area contributed by atoms with E-state index in [0.29, 0.717) is 39.1 Å². The second-order valence-corrected chi connectivity index (χ2v) is 13.7. The first-order valence-corrected chi connectivity index (χ1v) is 16.2. The molecule has 3 atom stereocenters. The van der Waals surface area contributed by atoms with Gasteiger partial charge in [0.05, 0.1) is 25.2 Å². The highest BCUT2D eigenvalue weighted by atomic mass is 16.5. The zero-order valence-electron chi connectivity index (χ0n) is 27.8. The van der Waals surface area contributed by atoms with Crippen LogP contribution in [-0.2, 0) is 46.4 Å². The fourth-order valence-corrected chi connectivity index (χ4v) is 5.78. The molecule has 1 heterocycles. The summed E-state index contributed by atoms with van der Waals surface area (Å²) in [5, 5.41) is 3.05. The molecular formula is C36H49N3O7. The molecule has 1 aliphatic heterocycles. The Morgan fingerprint density at radius 3 is 2.13 bits per heavy atom. The molecule has 2 amide bonds. The number of carbonyl (C=O) groups excluding carboxylic acids is 4. The Balaban J connectivity index is 1.60. The van der Waals surface area contributed by atoms with Crippen molar-refractivity contribution in [2.45, 2.75) is 72.1 Å². The number of hydrogen-bond acceptors (Lipinski definition) is 8. The summed E-state index contributed by atoms with van der Waals surface area (Å²) in [6.45, 7) is 11.2. The van der Waals surface area contributed by atoms with Gasteiger partial charge in [0.2, 0.25) is 11.8 Å². The molecular weight excluding hydrogens is 586 g/mol. The van der Waals surface area contributed by atoms with Crippen LogP contribution < -0.4 is 5.32 Å². The van der Waals surface area contributed by atoms with Crippen molar-refractivity contribution in [1.82, 2.24) is 15.1 Å². The molecule has 46 heavy (non-hydrogen) atoms. The number of aryl methyl sites for hydroxylation is 1. The van der Waals surface area contributed by atoms with Gasteiger partial charge in [-0.05, 0) is 63.0 Å². The van der Waals surface area contributed by atoms with Gasteiger partial charge in [0.25, 0.3) is 0 Å². The molecule has 2 fully saturated rings. The van der Waals surface area contributed by atoms with Crippen molar-refractivity contribution in [2.24, 2.45) is 17.3 Å². The molecule has 1 saturated heterocycles. The zero-order chi connectivity index (χ0) is 33.3. The highest BCUT2D eigenvalue weighted by molar-refractivity contribution is 5.95. The number of carbonyl (C=O) groups is 4. The monoisotopic (exact) mass is 635 g/mol. The van der Waals surface area contributed by atoms with E-state index in [1.54, 1.807) is 20.8 Å². The number of esters is 2. The van der Waals surface area contributed by atoms with E-state index in [2.05, 4.69) is 5.32 Å². The van der Waals surface area contributed by atoms with Crippen LogP contribution in [0.15, 0.2) is 60.7 Å². The molecule has 2 aliphatic rings. The number of rotatable bonds is 14. The second-order valence-electron chi connectivity index (χ2n) is 13.7. The summed E-state index contributed by atoms with van der Waals surface area (Å²) in [7, 11) is 0. The smallest absolute Gasteiger partial charge is 0.332 e. The van der Waals surface area contributed by atoms with Gasteiger partial charge in [0.1, 0.15) is 18.2 Å². The quantitative estimate of drug-likeness (QED) is 0.245. The van der Waals surface area contributed by atoms with Crippen LogP contribution in [0.5, 0.6) is 0 Å². The topological polar surface area (TPSA) is 114 Å². The molecule has 10 nitrogen and oxygen atoms in total. The summed E-state index contributed by atoms with van der Waals surface area (Å²) in [5.74, 6) is -1.80. The lowest BCUT2D eigenvalue weighted by atomic mass is 9.97. The number of nitrogens with one attached hydrogen (secondary N) is 1. The summed E-state index contributed by atoms with van der Waals surface area (Å²) >= 11 is 0. The van der Waals surface area contributed by atoms with Crippen LogP contribution in [0.4, 0.5) is 0 Å². The molecule has 0 aromatic heterocycles. The maximum absolute atomic E-state index is 14.4. The standard InChI is InChI=1S/C36H49N3O7/c1-26(2)29-22-36(29,34(43)45-24-28-14-10-7-11-15-28)37-32(41)30(17-16-27-12-8-6-9-13-27)39(25-46-33(42)35(3,4)5)31(40)23-38-18-20-44-21-19-38/h6-15,26,29-30H,16-25H2,1-5H3,(H,37,41)/t29-,30-,36+/m0/s1. The van der Waals surface area contributed by atoms with Gasteiger partial charge in [0.15, 0.2) is 6.73 Å². The molecule has 0 bridgehead atoms. The van der Waals surface area contributed by atoms with E-state index in [0.717, 1.165) is 11.1 Å². The summed E-state index contributed by atoms with van der Waals surface area (Å²) in [4.78, 5) is 58.1. The molecule has 1 saturated carbocycles. The van der Waals surface area contributed by atoms with Crippen LogP contribution >= 0.6 is 0 Å². The van der Waals surface area contributed by atoms with E-state index in [1.165, 1.54) is 4.90 Å². The molecule has 250 valence electrons. The first kappa shape index (κ1) is 35.1. The lowest BCUT2D eigenvalue weighted by Crippen LogP contribution is -2.58. The first-order valence-electron chi connectivity index (χ1n) is 16.2. The zero-order valence-corrected chi connectivity index (χ0v) is 27.8. The maximum atomic E-state index is 14.4. The normalized spacial score (nSPS) is 20.4. The molecule has 10 heteroatoms. The molecule has 0 unspecified atom stereocenters. The molecule has 1 N–H and O–H groups in total. The largest absolute Gasteiger partial charge is 0.459 e. The third-order valence-electron chi connectivity index (χ3n) is 8.70. The van der Waals surface area contributed by atoms with E-state index >= 15 is 0 Å². The lowest BCUT2D eigenvalue weighted by molar-refractivity contribution is -0.165. The van der Waals surface area contributed by atoms with E-state index in [1.807, 2.05) is 79.4 Å². The third-order valence-corrected chi connectivity index (χ3v) is 8.70. The molecule has 2 aromatic carbocycles. The van der Waals surface area contributed by atoms with Crippen molar-refractivity contribution < 1.29 is 33.4 Å². The van der Waals surface area contributed by atoms with Crippen LogP contribution in [0.3, 0.4) is 0 Å². The summed E-state index contributed by atoms with van der Waals surface area (Å²) in [6, 6.07) is 18.1. The summed E-state index contributed by atoms with van der Waals surface area (Å²) in [5.41, 5.74) is -0.158. The Labute approximate surface area is 272 Å². The van der Waals surface area contributed by atoms with Crippen LogP contribution in [0.25, 0.3) is 0 Å². The Morgan fingerprint density at radius 2 is 1.57 bits per heavy atom. The molecule has 4 rings (SSSR count). The fraction of sp³-hybridized carbons (Fsp3) is 0.556. The average molecular weight is 636 g/mol. The van der Waals surface area contributed by atoms with Crippen molar-refractivity contribution in [3.63, 3.8) is 0 Å². The number of ether oxygens (including phenoxy) is 3. The van der Waals surface area contributed by atoms with Crippen LogP contribution in [0.2, 0.25) is 0 Å². The van der Waals surface area contributed by atoms with Crippen molar-refractivity contribution in [2.75, 3.05) is 39.6 Å². The van der Waals surface area contributed by atoms with Crippen molar-refractivity contribution in [3.05, 3.63) is 71.8 Å². The average Bonchev–Trinajstić information content (AvgIpc) is 3.77. The van der Waals surface area contributed by atoms with Gasteiger partial charge in [-0.25, -0.2) is 4.79 Å². The molecule has 0 spiro atoms. The lowest BCUT2D eigenvalue weighted by Gasteiger charge is -2.35. The van der Waals surface area contributed by atoms with E-state index < -0.39 is 34.8 Å². The predicted molar refractivity (Wildman–Crippen MR) is 173 cm³/mol. The van der Waals surface area contributed by atoms with Gasteiger partial charge >= 0.3 is 11.9 Å². The first-order chi connectivity index (χ1) is 21.9. The van der Waals surface area contributed by atoms with Crippen molar-refractivity contribution in [3.8, 4) is 0 Å². The Hall–Kier alpha value is -3.76. The maximum Gasteiger partial charge on any atom is 0.332 e. The number of amides is 2. The van der Waals surface area contributed by atoms with Gasteiger partial charge in [0, 0.05) is 13.1 Å². The fourth-order valence-electron chi connectivity index (χ4n) is 5.78. The Morgan fingerprint density at radius 1 is 0.957 bits per heavy atom. The van der Waals surface area contributed by atoms with Crippen LogP contribution in [0, 0.1) is 17.3 Å². The second kappa shape index (κ2) is 15.7. The minimum atomic E-state index is -1.20. The van der Waals surface area contributed by atoms with Crippen LogP contribution in [0.1, 0.15) is 58.6 Å². The van der Waals surface area contributed by atoms with E-state index in [9.17, 15) is 19.2 Å². The number of hydrogen-bond donors (Lipinski definition) is 1.